The average molecular weight is 201 g/mol. The molecule has 1 amide bonds. The first-order chi connectivity index (χ1) is 6.65. The molecule has 0 aliphatic carbocycles. The maximum Gasteiger partial charge on any atom is 0.245 e. The van der Waals surface area contributed by atoms with Crippen molar-refractivity contribution >= 4 is 5.91 Å². The van der Waals surface area contributed by atoms with Gasteiger partial charge >= 0.3 is 0 Å². The van der Waals surface area contributed by atoms with Crippen molar-refractivity contribution in [3.8, 4) is 0 Å². The Hall–Kier alpha value is -0.860. The number of carbonyl (C=O) groups is 1. The van der Waals surface area contributed by atoms with Crippen LogP contribution in [-0.4, -0.2) is 30.6 Å². The minimum atomic E-state index is -0.250. The number of hydrogen-bond acceptors (Lipinski definition) is 1. The molecule has 0 aromatic carbocycles. The van der Waals surface area contributed by atoms with Crippen LogP contribution in [0.3, 0.4) is 0 Å². The fourth-order valence-electron chi connectivity index (χ4n) is 1.52. The van der Waals surface area contributed by atoms with Gasteiger partial charge in [-0.15, -0.1) is 0 Å². The Balaban J connectivity index is 0.000000500. The van der Waals surface area contributed by atoms with E-state index in [2.05, 4.69) is 13.5 Å². The van der Waals surface area contributed by atoms with Crippen LogP contribution in [0.15, 0.2) is 12.7 Å². The summed E-state index contributed by atoms with van der Waals surface area (Å²) in [5.74, 6) is 0.740. The summed E-state index contributed by atoms with van der Waals surface area (Å²) in [6.07, 6.45) is 3.79. The number of likely N-dealkylation sites (tertiary alicyclic amines) is 1. The second-order valence-corrected chi connectivity index (χ2v) is 3.50. The van der Waals surface area contributed by atoms with Crippen molar-refractivity contribution in [2.45, 2.75) is 26.7 Å². The molecule has 1 fully saturated rings. The van der Waals surface area contributed by atoms with Gasteiger partial charge in [-0.2, -0.15) is 0 Å². The largest absolute Gasteiger partial charge is 0.339 e. The van der Waals surface area contributed by atoms with E-state index in [0.717, 1.165) is 19.5 Å². The lowest BCUT2D eigenvalue weighted by Crippen LogP contribution is -2.37. The zero-order chi connectivity index (χ0) is 11.0. The van der Waals surface area contributed by atoms with Gasteiger partial charge < -0.3 is 4.90 Å². The molecule has 0 N–H and O–H groups in total. The Morgan fingerprint density at radius 1 is 1.71 bits per heavy atom. The fraction of sp³-hybridized carbons (Fsp3) is 0.727. The van der Waals surface area contributed by atoms with Crippen molar-refractivity contribution in [3.05, 3.63) is 12.7 Å². The van der Waals surface area contributed by atoms with Crippen LogP contribution in [0.4, 0.5) is 4.39 Å². The fourth-order valence-corrected chi connectivity index (χ4v) is 1.52. The van der Waals surface area contributed by atoms with E-state index in [4.69, 9.17) is 0 Å². The first kappa shape index (κ1) is 13.1. The predicted molar refractivity (Wildman–Crippen MR) is 56.8 cm³/mol. The number of amides is 1. The summed E-state index contributed by atoms with van der Waals surface area (Å²) in [5, 5.41) is 0. The normalized spacial score (nSPS) is 20.8. The third kappa shape index (κ3) is 5.00. The molecule has 82 valence electrons. The maximum absolute atomic E-state index is 11.1. The van der Waals surface area contributed by atoms with Gasteiger partial charge in [0, 0.05) is 13.1 Å². The van der Waals surface area contributed by atoms with E-state index in [1.165, 1.54) is 19.4 Å². The Morgan fingerprint density at radius 2 is 2.29 bits per heavy atom. The van der Waals surface area contributed by atoms with Crippen LogP contribution in [0.1, 0.15) is 26.7 Å². The quantitative estimate of drug-likeness (QED) is 0.597. The second kappa shape index (κ2) is 7.54. The van der Waals surface area contributed by atoms with Crippen LogP contribution in [-0.2, 0) is 4.79 Å². The van der Waals surface area contributed by atoms with Gasteiger partial charge in [-0.1, -0.05) is 13.5 Å². The summed E-state index contributed by atoms with van der Waals surface area (Å²) in [7, 11) is 0. The van der Waals surface area contributed by atoms with Crippen LogP contribution in [0, 0.1) is 5.92 Å². The molecule has 1 rings (SSSR count). The Labute approximate surface area is 85.8 Å². The number of rotatable bonds is 1. The van der Waals surface area contributed by atoms with E-state index < -0.39 is 0 Å². The lowest BCUT2D eigenvalue weighted by Gasteiger charge is -2.29. The van der Waals surface area contributed by atoms with Gasteiger partial charge in [0.05, 0.1) is 6.67 Å². The van der Waals surface area contributed by atoms with E-state index in [-0.39, 0.29) is 12.6 Å². The van der Waals surface area contributed by atoms with Crippen molar-refractivity contribution in [1.29, 1.82) is 0 Å². The van der Waals surface area contributed by atoms with Crippen molar-refractivity contribution in [3.63, 3.8) is 0 Å². The number of halogens is 1. The number of hydrogen-bond donors (Lipinski definition) is 0. The number of piperidine rings is 1. The smallest absolute Gasteiger partial charge is 0.245 e. The molecule has 1 aliphatic rings. The molecule has 0 saturated carbocycles. The molecule has 2 nitrogen and oxygen atoms in total. The summed E-state index contributed by atoms with van der Waals surface area (Å²) < 4.78 is 10.3. The molecule has 0 radical (unpaired) electrons. The number of carbonyl (C=O) groups excluding carboxylic acids is 1. The molecule has 0 bridgehead atoms. The predicted octanol–water partition coefficient (Wildman–Crippen LogP) is 2.41. The highest BCUT2D eigenvalue weighted by molar-refractivity contribution is 5.87. The SMILES string of the molecule is C=CC(=O)N1CCC[C@@H](C)C1.CCF. The molecule has 0 aromatic rings. The zero-order valence-electron chi connectivity index (χ0n) is 9.13. The Kier molecular flexibility index (Phi) is 7.07. The molecule has 0 aromatic heterocycles. The molecule has 1 heterocycles. The van der Waals surface area contributed by atoms with E-state index in [9.17, 15) is 9.18 Å². The number of alkyl halides is 1. The highest BCUT2D eigenvalue weighted by atomic mass is 19.1. The van der Waals surface area contributed by atoms with Crippen LogP contribution in [0.5, 0.6) is 0 Å². The molecule has 0 spiro atoms. The lowest BCUT2D eigenvalue weighted by atomic mass is 10.0. The van der Waals surface area contributed by atoms with Gasteiger partial charge in [0.1, 0.15) is 0 Å². The van der Waals surface area contributed by atoms with Crippen LogP contribution in [0.25, 0.3) is 0 Å². The van der Waals surface area contributed by atoms with E-state index >= 15 is 0 Å². The molecule has 0 unspecified atom stereocenters. The number of nitrogens with zero attached hydrogens (tertiary/aromatic N) is 1. The Bertz CT molecular complexity index is 182. The summed E-state index contributed by atoms with van der Waals surface area (Å²) in [6.45, 7) is 8.68. The maximum atomic E-state index is 11.1. The van der Waals surface area contributed by atoms with Gasteiger partial charge in [0.15, 0.2) is 0 Å². The van der Waals surface area contributed by atoms with E-state index in [1.54, 1.807) is 0 Å². The molecule has 1 aliphatic heterocycles. The van der Waals surface area contributed by atoms with Crippen LogP contribution >= 0.6 is 0 Å². The first-order valence-electron chi connectivity index (χ1n) is 5.13. The molecular formula is C11H20FNO. The second-order valence-electron chi connectivity index (χ2n) is 3.50. The van der Waals surface area contributed by atoms with Gasteiger partial charge in [0.25, 0.3) is 0 Å². The highest BCUT2D eigenvalue weighted by Gasteiger charge is 2.18. The molecule has 1 atom stereocenters. The zero-order valence-corrected chi connectivity index (χ0v) is 9.13. The Morgan fingerprint density at radius 3 is 2.71 bits per heavy atom. The van der Waals surface area contributed by atoms with Gasteiger partial charge in [0.2, 0.25) is 5.91 Å². The third-order valence-corrected chi connectivity index (χ3v) is 2.14. The van der Waals surface area contributed by atoms with Crippen LogP contribution < -0.4 is 0 Å². The molecule has 14 heavy (non-hydrogen) atoms. The van der Waals surface area contributed by atoms with Gasteiger partial charge in [-0.3, -0.25) is 9.18 Å². The van der Waals surface area contributed by atoms with E-state index in [0.29, 0.717) is 5.92 Å². The van der Waals surface area contributed by atoms with Crippen molar-refractivity contribution < 1.29 is 9.18 Å². The van der Waals surface area contributed by atoms with E-state index in [1.807, 2.05) is 4.90 Å². The minimum absolute atomic E-state index is 0.0801. The summed E-state index contributed by atoms with van der Waals surface area (Å²) in [6, 6.07) is 0. The van der Waals surface area contributed by atoms with Crippen LogP contribution in [0.2, 0.25) is 0 Å². The topological polar surface area (TPSA) is 20.3 Å². The molecular weight excluding hydrogens is 181 g/mol. The van der Waals surface area contributed by atoms with Crippen molar-refractivity contribution in [1.82, 2.24) is 4.90 Å². The molecule has 3 heteroatoms. The minimum Gasteiger partial charge on any atom is -0.339 e. The van der Waals surface area contributed by atoms with Gasteiger partial charge in [-0.25, -0.2) is 0 Å². The van der Waals surface area contributed by atoms with Gasteiger partial charge in [-0.05, 0) is 31.8 Å². The lowest BCUT2D eigenvalue weighted by molar-refractivity contribution is -0.127. The highest BCUT2D eigenvalue weighted by Crippen LogP contribution is 2.15. The average Bonchev–Trinajstić information content (AvgIpc) is 2.18. The van der Waals surface area contributed by atoms with Crippen molar-refractivity contribution in [2.75, 3.05) is 19.8 Å². The summed E-state index contributed by atoms with van der Waals surface area (Å²) >= 11 is 0. The molecule has 1 saturated heterocycles. The standard InChI is InChI=1S/C9H15NO.C2H5F/c1-3-9(11)10-6-4-5-8(2)7-10;1-2-3/h3,8H,1,4-7H2,2H3;2H2,1H3/t8-;/m1./s1. The monoisotopic (exact) mass is 201 g/mol. The first-order valence-corrected chi connectivity index (χ1v) is 5.13. The summed E-state index contributed by atoms with van der Waals surface area (Å²) in [5.41, 5.74) is 0. The summed E-state index contributed by atoms with van der Waals surface area (Å²) in [4.78, 5) is 13.0. The third-order valence-electron chi connectivity index (χ3n) is 2.14. The van der Waals surface area contributed by atoms with Crippen molar-refractivity contribution in [2.24, 2.45) is 5.92 Å².